The summed E-state index contributed by atoms with van der Waals surface area (Å²) in [5, 5.41) is 0. The van der Waals surface area contributed by atoms with Crippen LogP contribution in [0.3, 0.4) is 0 Å². The largest absolute Gasteiger partial charge is 0.103 e. The molecule has 23 heavy (non-hydrogen) atoms. The minimum atomic E-state index is 0.726. The van der Waals surface area contributed by atoms with Crippen molar-refractivity contribution in [3.05, 3.63) is 0 Å². The fourth-order valence-corrected chi connectivity index (χ4v) is 2.95. The lowest BCUT2D eigenvalue weighted by molar-refractivity contribution is 0.533. The maximum atomic E-state index is 3.31. The number of hydrogen-bond acceptors (Lipinski definition) is 0. The quantitative estimate of drug-likeness (QED) is 0.198. The van der Waals surface area contributed by atoms with Gasteiger partial charge < -0.3 is 0 Å². The summed E-state index contributed by atoms with van der Waals surface area (Å²) in [7, 11) is 0. The molecule has 0 heterocycles. The first-order chi connectivity index (χ1) is 11.3. The summed E-state index contributed by atoms with van der Waals surface area (Å²) in [6.07, 6.45) is 23.7. The summed E-state index contributed by atoms with van der Waals surface area (Å²) < 4.78 is 0. The van der Waals surface area contributed by atoms with Crippen LogP contribution in [0.15, 0.2) is 0 Å². The van der Waals surface area contributed by atoms with Crippen molar-refractivity contribution in [2.45, 2.75) is 130 Å². The minimum Gasteiger partial charge on any atom is -0.103 e. The standard InChI is InChI=1S/C23H44/c1-4-5-6-7-8-9-10-11-12-13-14-15-16-17-18-19-20-21-22-23(2)3/h23H,4-19,22H2,1-3H3. The molecule has 0 saturated carbocycles. The van der Waals surface area contributed by atoms with Crippen molar-refractivity contribution in [2.24, 2.45) is 5.92 Å². The number of hydrogen-bond donors (Lipinski definition) is 0. The van der Waals surface area contributed by atoms with Crippen molar-refractivity contribution in [3.63, 3.8) is 0 Å². The van der Waals surface area contributed by atoms with Crippen LogP contribution in [0.25, 0.3) is 0 Å². The molecule has 0 heteroatoms. The van der Waals surface area contributed by atoms with Gasteiger partial charge in [-0.3, -0.25) is 0 Å². The summed E-state index contributed by atoms with van der Waals surface area (Å²) in [5.41, 5.74) is 0. The van der Waals surface area contributed by atoms with E-state index < -0.39 is 0 Å². The summed E-state index contributed by atoms with van der Waals surface area (Å²) in [5.74, 6) is 7.32. The highest BCUT2D eigenvalue weighted by molar-refractivity contribution is 4.99. The van der Waals surface area contributed by atoms with E-state index in [1.165, 1.54) is 96.3 Å². The predicted molar refractivity (Wildman–Crippen MR) is 107 cm³/mol. The molecule has 0 aliphatic carbocycles. The van der Waals surface area contributed by atoms with Crippen molar-refractivity contribution < 1.29 is 0 Å². The molecule has 0 rings (SSSR count). The normalized spacial score (nSPS) is 10.8. The van der Waals surface area contributed by atoms with Crippen LogP contribution in [0.1, 0.15) is 130 Å². The Morgan fingerprint density at radius 2 is 0.913 bits per heavy atom. The summed E-state index contributed by atoms with van der Waals surface area (Å²) in [6.45, 7) is 6.77. The SMILES string of the molecule is CCCCCCCCCCCCCCCCCC#CCC(C)C. The predicted octanol–water partition coefficient (Wildman–Crippen LogP) is 8.30. The third kappa shape index (κ3) is 21.6. The minimum absolute atomic E-state index is 0.726. The van der Waals surface area contributed by atoms with Gasteiger partial charge in [0.2, 0.25) is 0 Å². The molecule has 0 aliphatic rings. The van der Waals surface area contributed by atoms with Crippen molar-refractivity contribution >= 4 is 0 Å². The molecule has 0 fully saturated rings. The van der Waals surface area contributed by atoms with Gasteiger partial charge in [0.25, 0.3) is 0 Å². The highest BCUT2D eigenvalue weighted by Crippen LogP contribution is 2.13. The van der Waals surface area contributed by atoms with Crippen LogP contribution in [-0.2, 0) is 0 Å². The van der Waals surface area contributed by atoms with Gasteiger partial charge in [0, 0.05) is 12.8 Å². The Hall–Kier alpha value is -0.440. The van der Waals surface area contributed by atoms with E-state index in [4.69, 9.17) is 0 Å². The van der Waals surface area contributed by atoms with Gasteiger partial charge in [-0.25, -0.2) is 0 Å². The molecule has 0 atom stereocenters. The molecule has 0 saturated heterocycles. The Balaban J connectivity index is 3.03. The first kappa shape index (κ1) is 22.6. The molecule has 0 amide bonds. The molecule has 0 aliphatic heterocycles. The molecular weight excluding hydrogens is 276 g/mol. The van der Waals surface area contributed by atoms with Gasteiger partial charge in [0.15, 0.2) is 0 Å². The Kier molecular flexibility index (Phi) is 19.2. The average Bonchev–Trinajstić information content (AvgIpc) is 2.53. The molecule has 0 aromatic carbocycles. The molecule has 0 unspecified atom stereocenters. The van der Waals surface area contributed by atoms with Crippen LogP contribution in [0.2, 0.25) is 0 Å². The Morgan fingerprint density at radius 3 is 1.30 bits per heavy atom. The fourth-order valence-electron chi connectivity index (χ4n) is 2.95. The number of unbranched alkanes of at least 4 members (excludes halogenated alkanes) is 15. The maximum Gasteiger partial charge on any atom is 0.0112 e. The monoisotopic (exact) mass is 320 g/mol. The third-order valence-electron chi connectivity index (χ3n) is 4.54. The van der Waals surface area contributed by atoms with E-state index in [-0.39, 0.29) is 0 Å². The van der Waals surface area contributed by atoms with Gasteiger partial charge in [0.1, 0.15) is 0 Å². The van der Waals surface area contributed by atoms with E-state index in [2.05, 4.69) is 32.6 Å². The van der Waals surface area contributed by atoms with Gasteiger partial charge in [-0.2, -0.15) is 0 Å². The Morgan fingerprint density at radius 1 is 0.522 bits per heavy atom. The molecule has 0 spiro atoms. The van der Waals surface area contributed by atoms with Gasteiger partial charge in [-0.15, -0.1) is 11.8 Å². The topological polar surface area (TPSA) is 0 Å². The fraction of sp³-hybridized carbons (Fsp3) is 0.913. The van der Waals surface area contributed by atoms with Gasteiger partial charge in [0.05, 0.1) is 0 Å². The second-order valence-corrected chi connectivity index (χ2v) is 7.65. The van der Waals surface area contributed by atoms with Crippen LogP contribution in [0.4, 0.5) is 0 Å². The van der Waals surface area contributed by atoms with Gasteiger partial charge in [-0.1, -0.05) is 111 Å². The zero-order valence-electron chi connectivity index (χ0n) is 16.6. The van der Waals surface area contributed by atoms with E-state index >= 15 is 0 Å². The molecule has 0 aromatic rings. The van der Waals surface area contributed by atoms with Crippen molar-refractivity contribution in [3.8, 4) is 11.8 Å². The molecule has 0 aromatic heterocycles. The van der Waals surface area contributed by atoms with Crippen molar-refractivity contribution in [2.75, 3.05) is 0 Å². The van der Waals surface area contributed by atoms with E-state index in [9.17, 15) is 0 Å². The molecule has 0 N–H and O–H groups in total. The first-order valence-electron chi connectivity index (χ1n) is 10.7. The van der Waals surface area contributed by atoms with Crippen LogP contribution in [-0.4, -0.2) is 0 Å². The maximum absolute atomic E-state index is 3.31. The third-order valence-corrected chi connectivity index (χ3v) is 4.54. The second-order valence-electron chi connectivity index (χ2n) is 7.65. The van der Waals surface area contributed by atoms with Crippen LogP contribution >= 0.6 is 0 Å². The average molecular weight is 321 g/mol. The van der Waals surface area contributed by atoms with E-state index in [1.54, 1.807) is 0 Å². The lowest BCUT2D eigenvalue weighted by atomic mass is 10.0. The smallest absolute Gasteiger partial charge is 0.0112 e. The van der Waals surface area contributed by atoms with Crippen LogP contribution in [0.5, 0.6) is 0 Å². The van der Waals surface area contributed by atoms with Crippen LogP contribution < -0.4 is 0 Å². The lowest BCUT2D eigenvalue weighted by Crippen LogP contribution is -1.83. The summed E-state index contributed by atoms with van der Waals surface area (Å²) in [6, 6.07) is 0. The van der Waals surface area contributed by atoms with E-state index in [0.717, 1.165) is 18.8 Å². The zero-order chi connectivity index (χ0) is 17.0. The lowest BCUT2D eigenvalue weighted by Gasteiger charge is -2.03. The second kappa shape index (κ2) is 19.6. The highest BCUT2D eigenvalue weighted by atomic mass is 14.0. The Bertz CT molecular complexity index is 265. The van der Waals surface area contributed by atoms with Gasteiger partial charge in [-0.05, 0) is 12.3 Å². The molecule has 136 valence electrons. The summed E-state index contributed by atoms with van der Waals surface area (Å²) >= 11 is 0. The highest BCUT2D eigenvalue weighted by Gasteiger charge is 1.94. The molecule has 0 nitrogen and oxygen atoms in total. The van der Waals surface area contributed by atoms with Crippen molar-refractivity contribution in [1.29, 1.82) is 0 Å². The van der Waals surface area contributed by atoms with Gasteiger partial charge >= 0.3 is 0 Å². The molecule has 0 radical (unpaired) electrons. The number of rotatable bonds is 16. The molecule has 0 bridgehead atoms. The van der Waals surface area contributed by atoms with Crippen molar-refractivity contribution in [1.82, 2.24) is 0 Å². The first-order valence-corrected chi connectivity index (χ1v) is 10.7. The van der Waals surface area contributed by atoms with Crippen LogP contribution in [0, 0.1) is 17.8 Å². The van der Waals surface area contributed by atoms with E-state index in [1.807, 2.05) is 0 Å². The Labute approximate surface area is 148 Å². The molecular formula is C23H44. The van der Waals surface area contributed by atoms with E-state index in [0.29, 0.717) is 0 Å². The zero-order valence-corrected chi connectivity index (χ0v) is 16.6. The summed E-state index contributed by atoms with van der Waals surface area (Å²) in [4.78, 5) is 0.